The van der Waals surface area contributed by atoms with Crippen molar-refractivity contribution >= 4 is 29.6 Å². The van der Waals surface area contributed by atoms with Crippen LogP contribution in [0.3, 0.4) is 0 Å². The van der Waals surface area contributed by atoms with Gasteiger partial charge in [-0.3, -0.25) is 14.4 Å². The molecule has 0 spiro atoms. The van der Waals surface area contributed by atoms with Crippen LogP contribution in [0.15, 0.2) is 65.8 Å². The lowest BCUT2D eigenvalue weighted by atomic mass is 10.1. The van der Waals surface area contributed by atoms with Crippen LogP contribution in [0.4, 0.5) is 5.69 Å². The van der Waals surface area contributed by atoms with Gasteiger partial charge in [0.2, 0.25) is 0 Å². The fourth-order valence-corrected chi connectivity index (χ4v) is 3.57. The van der Waals surface area contributed by atoms with Crippen molar-refractivity contribution in [2.24, 2.45) is 5.10 Å². The number of hydrogen-bond donors (Lipinski definition) is 3. The number of hydrazone groups is 1. The van der Waals surface area contributed by atoms with Gasteiger partial charge in [-0.2, -0.15) is 5.10 Å². The number of amides is 3. The van der Waals surface area contributed by atoms with Crippen LogP contribution in [0.5, 0.6) is 5.75 Å². The summed E-state index contributed by atoms with van der Waals surface area (Å²) in [6.45, 7) is 7.97. The van der Waals surface area contributed by atoms with E-state index in [-0.39, 0.29) is 19.1 Å². The Morgan fingerprint density at radius 2 is 1.56 bits per heavy atom. The van der Waals surface area contributed by atoms with Crippen LogP contribution in [0.25, 0.3) is 0 Å². The lowest BCUT2D eigenvalue weighted by Crippen LogP contribution is -2.37. The van der Waals surface area contributed by atoms with Crippen molar-refractivity contribution in [2.45, 2.75) is 34.2 Å². The minimum Gasteiger partial charge on any atom is -0.484 e. The highest BCUT2D eigenvalue weighted by Gasteiger charge is 2.12. The monoisotopic (exact) mass is 486 g/mol. The number of ether oxygens (including phenoxy) is 1. The van der Waals surface area contributed by atoms with Crippen LogP contribution in [0, 0.1) is 27.7 Å². The second kappa shape index (κ2) is 12.3. The zero-order chi connectivity index (χ0) is 26.1. The number of carbonyl (C=O) groups is 3. The van der Waals surface area contributed by atoms with E-state index in [1.54, 1.807) is 24.3 Å². The first-order valence-electron chi connectivity index (χ1n) is 11.5. The molecule has 3 N–H and O–H groups in total. The molecule has 0 aliphatic heterocycles. The summed E-state index contributed by atoms with van der Waals surface area (Å²) in [4.78, 5) is 36.3. The van der Waals surface area contributed by atoms with Gasteiger partial charge in [-0.25, -0.2) is 5.43 Å². The maximum atomic E-state index is 12.4. The molecule has 0 atom stereocenters. The molecule has 8 heteroatoms. The molecule has 8 nitrogen and oxygen atoms in total. The largest absolute Gasteiger partial charge is 0.484 e. The summed E-state index contributed by atoms with van der Waals surface area (Å²) in [5.41, 5.74) is 8.73. The lowest BCUT2D eigenvalue weighted by Gasteiger charge is -2.13. The fourth-order valence-electron chi connectivity index (χ4n) is 3.57. The van der Waals surface area contributed by atoms with Crippen molar-refractivity contribution < 1.29 is 19.1 Å². The number of hydrogen-bond acceptors (Lipinski definition) is 5. The van der Waals surface area contributed by atoms with E-state index < -0.39 is 11.8 Å². The average molecular weight is 487 g/mol. The van der Waals surface area contributed by atoms with E-state index in [0.717, 1.165) is 33.5 Å². The highest BCUT2D eigenvalue weighted by Crippen LogP contribution is 2.22. The lowest BCUT2D eigenvalue weighted by molar-refractivity contribution is -0.139. The maximum absolute atomic E-state index is 12.4. The molecule has 0 aliphatic rings. The van der Waals surface area contributed by atoms with Crippen LogP contribution < -0.4 is 20.8 Å². The summed E-state index contributed by atoms with van der Waals surface area (Å²) in [7, 11) is 0. The topological polar surface area (TPSA) is 109 Å². The van der Waals surface area contributed by atoms with Crippen molar-refractivity contribution in [3.8, 4) is 5.75 Å². The van der Waals surface area contributed by atoms with Gasteiger partial charge >= 0.3 is 11.8 Å². The first-order valence-corrected chi connectivity index (χ1v) is 11.5. The van der Waals surface area contributed by atoms with Crippen molar-refractivity contribution in [1.29, 1.82) is 0 Å². The van der Waals surface area contributed by atoms with Gasteiger partial charge in [-0.05, 0) is 62.1 Å². The normalized spacial score (nSPS) is 10.7. The second-order valence-corrected chi connectivity index (χ2v) is 8.55. The Morgan fingerprint density at radius 1 is 0.861 bits per heavy atom. The Hall–Kier alpha value is -4.46. The van der Waals surface area contributed by atoms with E-state index in [1.807, 2.05) is 64.1 Å². The molecule has 3 aromatic carbocycles. The van der Waals surface area contributed by atoms with Gasteiger partial charge in [0.15, 0.2) is 6.61 Å². The van der Waals surface area contributed by atoms with E-state index in [9.17, 15) is 14.4 Å². The standard InChI is InChI=1S/C28H30N4O4/c1-18-8-10-22(11-9-18)15-29-27(34)28(35)32-30-16-23-6-5-7-24(14-23)36-17-25(33)31-26-20(3)12-19(2)13-21(26)4/h5-14,16H,15,17H2,1-4H3,(H,29,34)(H,31,33)(H,32,35)/b30-16-. The molecule has 3 rings (SSSR count). The Bertz CT molecular complexity index is 1260. The zero-order valence-electron chi connectivity index (χ0n) is 20.8. The molecule has 0 aliphatic carbocycles. The van der Waals surface area contributed by atoms with Gasteiger partial charge in [0.05, 0.1) is 6.21 Å². The zero-order valence-corrected chi connectivity index (χ0v) is 20.8. The molecule has 0 radical (unpaired) electrons. The predicted octanol–water partition coefficient (Wildman–Crippen LogP) is 3.70. The molecule has 0 saturated heterocycles. The van der Waals surface area contributed by atoms with E-state index in [2.05, 4.69) is 21.2 Å². The molecule has 3 amide bonds. The molecule has 0 bridgehead atoms. The summed E-state index contributed by atoms with van der Waals surface area (Å²) in [5, 5.41) is 9.27. The van der Waals surface area contributed by atoms with Gasteiger partial charge in [0.25, 0.3) is 5.91 Å². The quantitative estimate of drug-likeness (QED) is 0.256. The number of benzene rings is 3. The van der Waals surface area contributed by atoms with Gasteiger partial charge < -0.3 is 15.4 Å². The molecule has 0 fully saturated rings. The Balaban J connectivity index is 1.47. The average Bonchev–Trinajstić information content (AvgIpc) is 2.84. The molecule has 186 valence electrons. The molecule has 3 aromatic rings. The first kappa shape index (κ1) is 26.2. The highest BCUT2D eigenvalue weighted by molar-refractivity contribution is 6.35. The smallest absolute Gasteiger partial charge is 0.329 e. The number of rotatable bonds is 8. The van der Waals surface area contributed by atoms with Gasteiger partial charge in [-0.1, -0.05) is 59.7 Å². The van der Waals surface area contributed by atoms with Crippen molar-refractivity contribution in [1.82, 2.24) is 10.7 Å². The highest BCUT2D eigenvalue weighted by atomic mass is 16.5. The number of carbonyl (C=O) groups excluding carboxylic acids is 3. The molecular weight excluding hydrogens is 456 g/mol. The minimum atomic E-state index is -0.871. The van der Waals surface area contributed by atoms with E-state index >= 15 is 0 Å². The number of anilines is 1. The van der Waals surface area contributed by atoms with Crippen LogP contribution >= 0.6 is 0 Å². The first-order chi connectivity index (χ1) is 17.2. The van der Waals surface area contributed by atoms with Crippen LogP contribution in [-0.4, -0.2) is 30.5 Å². The second-order valence-electron chi connectivity index (χ2n) is 8.55. The SMILES string of the molecule is Cc1ccc(CNC(=O)C(=O)N/N=C\c2cccc(OCC(=O)Nc3c(C)cc(C)cc3C)c2)cc1. The van der Waals surface area contributed by atoms with Gasteiger partial charge in [0, 0.05) is 12.2 Å². The fraction of sp³-hybridized carbons (Fsp3) is 0.214. The molecule has 0 unspecified atom stereocenters. The Kier molecular flexibility index (Phi) is 8.94. The summed E-state index contributed by atoms with van der Waals surface area (Å²) in [5.74, 6) is -1.46. The number of nitrogens with zero attached hydrogens (tertiary/aromatic N) is 1. The minimum absolute atomic E-state index is 0.161. The third-order valence-corrected chi connectivity index (χ3v) is 5.33. The summed E-state index contributed by atoms with van der Waals surface area (Å²) >= 11 is 0. The maximum Gasteiger partial charge on any atom is 0.329 e. The Labute approximate surface area is 210 Å². The predicted molar refractivity (Wildman–Crippen MR) is 140 cm³/mol. The van der Waals surface area contributed by atoms with E-state index in [4.69, 9.17) is 4.74 Å². The molecule has 0 heterocycles. The van der Waals surface area contributed by atoms with Gasteiger partial charge in [0.1, 0.15) is 5.75 Å². The van der Waals surface area contributed by atoms with Gasteiger partial charge in [-0.15, -0.1) is 0 Å². The number of nitrogens with one attached hydrogen (secondary N) is 3. The number of aryl methyl sites for hydroxylation is 4. The third-order valence-electron chi connectivity index (χ3n) is 5.33. The molecular formula is C28H30N4O4. The van der Waals surface area contributed by atoms with Crippen LogP contribution in [0.1, 0.15) is 33.4 Å². The molecule has 0 aromatic heterocycles. The summed E-state index contributed by atoms with van der Waals surface area (Å²) < 4.78 is 5.61. The van der Waals surface area contributed by atoms with E-state index in [0.29, 0.717) is 11.3 Å². The third kappa shape index (κ3) is 7.80. The van der Waals surface area contributed by atoms with E-state index in [1.165, 1.54) is 6.21 Å². The summed E-state index contributed by atoms with van der Waals surface area (Å²) in [6.07, 6.45) is 1.39. The molecule has 0 saturated carbocycles. The van der Waals surface area contributed by atoms with Crippen molar-refractivity contribution in [3.05, 3.63) is 94.0 Å². The Morgan fingerprint density at radius 3 is 2.25 bits per heavy atom. The molecule has 36 heavy (non-hydrogen) atoms. The van der Waals surface area contributed by atoms with Crippen molar-refractivity contribution in [3.63, 3.8) is 0 Å². The summed E-state index contributed by atoms with van der Waals surface area (Å²) in [6, 6.07) is 18.5. The van der Waals surface area contributed by atoms with Crippen molar-refractivity contribution in [2.75, 3.05) is 11.9 Å². The van der Waals surface area contributed by atoms with Crippen LogP contribution in [-0.2, 0) is 20.9 Å². The van der Waals surface area contributed by atoms with Crippen LogP contribution in [0.2, 0.25) is 0 Å².